The SMILES string of the molecule is CC1(C)c2ccccc2-c2ccc(-c3ccc(-c4cnc5ncc(-c6ccc(-c7ccc8c(c7)C(C)(C)c7ccccc7-8)cc6)cc5c4)cc3)cc21. The first kappa shape index (κ1) is 30.7. The van der Waals surface area contributed by atoms with E-state index >= 15 is 0 Å². The zero-order valence-corrected chi connectivity index (χ0v) is 29.9. The van der Waals surface area contributed by atoms with Crippen molar-refractivity contribution < 1.29 is 0 Å². The summed E-state index contributed by atoms with van der Waals surface area (Å²) in [7, 11) is 0. The maximum atomic E-state index is 4.75. The fourth-order valence-electron chi connectivity index (χ4n) is 8.82. The van der Waals surface area contributed by atoms with Crippen LogP contribution in [0.2, 0.25) is 0 Å². The Morgan fingerprint density at radius 1 is 0.327 bits per heavy atom. The molecule has 2 heterocycles. The normalized spacial score (nSPS) is 14.5. The molecule has 2 heteroatoms. The van der Waals surface area contributed by atoms with Crippen LogP contribution in [0.25, 0.3) is 77.8 Å². The molecule has 2 aliphatic rings. The first-order chi connectivity index (χ1) is 25.3. The van der Waals surface area contributed by atoms with E-state index in [4.69, 9.17) is 9.97 Å². The van der Waals surface area contributed by atoms with Crippen LogP contribution in [0.1, 0.15) is 49.9 Å². The molecule has 0 N–H and O–H groups in total. The van der Waals surface area contributed by atoms with Crippen molar-refractivity contribution in [2.45, 2.75) is 38.5 Å². The molecule has 0 aliphatic heterocycles. The van der Waals surface area contributed by atoms with Crippen molar-refractivity contribution in [3.05, 3.63) is 180 Å². The lowest BCUT2D eigenvalue weighted by molar-refractivity contribution is 0.660. The molecule has 0 bridgehead atoms. The van der Waals surface area contributed by atoms with Gasteiger partial charge in [-0.15, -0.1) is 0 Å². The largest absolute Gasteiger partial charge is 0.236 e. The van der Waals surface area contributed by atoms with Gasteiger partial charge in [0.15, 0.2) is 5.65 Å². The molecule has 2 aliphatic carbocycles. The highest BCUT2D eigenvalue weighted by molar-refractivity contribution is 5.88. The highest BCUT2D eigenvalue weighted by atomic mass is 14.8. The minimum Gasteiger partial charge on any atom is -0.236 e. The summed E-state index contributed by atoms with van der Waals surface area (Å²) in [4.78, 5) is 9.49. The van der Waals surface area contributed by atoms with Gasteiger partial charge in [0.1, 0.15) is 0 Å². The van der Waals surface area contributed by atoms with Crippen molar-refractivity contribution in [2.24, 2.45) is 0 Å². The molecule has 0 amide bonds. The standard InChI is InChI=1S/C50H38N2/c1-49(2)44-11-7-5-9-40(44)42-23-21-35(27-46(42)49)31-13-17-33(18-14-31)38-25-37-26-39(30-52-48(37)51-29-38)34-19-15-32(16-20-34)36-22-24-43-41-10-6-8-12-45(41)50(3,4)47(43)28-36/h5-30H,1-4H3. The van der Waals surface area contributed by atoms with Gasteiger partial charge < -0.3 is 0 Å². The molecule has 2 aromatic heterocycles. The Hall–Kier alpha value is -6.12. The zero-order chi connectivity index (χ0) is 35.2. The maximum absolute atomic E-state index is 4.75. The third kappa shape index (κ3) is 4.64. The fourth-order valence-corrected chi connectivity index (χ4v) is 8.82. The Morgan fingerprint density at radius 2 is 0.673 bits per heavy atom. The molecule has 0 fully saturated rings. The first-order valence-corrected chi connectivity index (χ1v) is 18.2. The highest BCUT2D eigenvalue weighted by Crippen LogP contribution is 2.51. The highest BCUT2D eigenvalue weighted by Gasteiger charge is 2.36. The van der Waals surface area contributed by atoms with Crippen molar-refractivity contribution in [3.8, 4) is 66.8 Å². The Morgan fingerprint density at radius 3 is 1.10 bits per heavy atom. The monoisotopic (exact) mass is 666 g/mol. The van der Waals surface area contributed by atoms with Crippen molar-refractivity contribution >= 4 is 11.0 Å². The zero-order valence-electron chi connectivity index (χ0n) is 29.9. The summed E-state index contributed by atoms with van der Waals surface area (Å²) in [5.41, 5.74) is 21.1. The number of rotatable bonds is 4. The number of hydrogen-bond acceptors (Lipinski definition) is 2. The van der Waals surface area contributed by atoms with Gasteiger partial charge in [-0.25, -0.2) is 9.97 Å². The average Bonchev–Trinajstić information content (AvgIpc) is 3.56. The van der Waals surface area contributed by atoms with Crippen LogP contribution in [0.4, 0.5) is 0 Å². The number of nitrogens with zero attached hydrogens (tertiary/aromatic N) is 2. The van der Waals surface area contributed by atoms with Crippen molar-refractivity contribution in [1.82, 2.24) is 9.97 Å². The first-order valence-electron chi connectivity index (χ1n) is 18.2. The summed E-state index contributed by atoms with van der Waals surface area (Å²) >= 11 is 0. The number of aromatic nitrogens is 2. The van der Waals surface area contributed by atoms with Crippen molar-refractivity contribution in [1.29, 1.82) is 0 Å². The van der Waals surface area contributed by atoms with Crippen LogP contribution in [-0.4, -0.2) is 9.97 Å². The van der Waals surface area contributed by atoms with E-state index in [0.29, 0.717) is 0 Å². The summed E-state index contributed by atoms with van der Waals surface area (Å²) in [5.74, 6) is 0. The second-order valence-corrected chi connectivity index (χ2v) is 15.5. The molecule has 52 heavy (non-hydrogen) atoms. The molecule has 8 aromatic rings. The average molecular weight is 667 g/mol. The molecule has 248 valence electrons. The van der Waals surface area contributed by atoms with E-state index in [-0.39, 0.29) is 10.8 Å². The second-order valence-electron chi connectivity index (χ2n) is 15.5. The second kappa shape index (κ2) is 11.2. The van der Waals surface area contributed by atoms with E-state index in [0.717, 1.165) is 33.3 Å². The lowest BCUT2D eigenvalue weighted by Gasteiger charge is -2.22. The Bertz CT molecular complexity index is 2530. The van der Waals surface area contributed by atoms with Crippen LogP contribution in [-0.2, 0) is 10.8 Å². The third-order valence-corrected chi connectivity index (χ3v) is 11.8. The van der Waals surface area contributed by atoms with Gasteiger partial charge in [-0.1, -0.05) is 149 Å². The minimum absolute atomic E-state index is 0.0132. The molecule has 0 radical (unpaired) electrons. The van der Waals surface area contributed by atoms with Crippen LogP contribution in [0.3, 0.4) is 0 Å². The molecule has 0 atom stereocenters. The topological polar surface area (TPSA) is 25.8 Å². The molecular formula is C50H38N2. The molecular weight excluding hydrogens is 629 g/mol. The molecule has 6 aromatic carbocycles. The number of benzene rings is 6. The van der Waals surface area contributed by atoms with E-state index in [2.05, 4.69) is 173 Å². The Balaban J connectivity index is 0.913. The Kier molecular flexibility index (Phi) is 6.60. The third-order valence-electron chi connectivity index (χ3n) is 11.8. The van der Waals surface area contributed by atoms with E-state index < -0.39 is 0 Å². The molecule has 0 saturated carbocycles. The molecule has 10 rings (SSSR count). The van der Waals surface area contributed by atoms with Gasteiger partial charge in [0.05, 0.1) is 0 Å². The summed E-state index contributed by atoms with van der Waals surface area (Å²) in [6, 6.07) is 53.7. The molecule has 0 spiro atoms. The Labute approximate surface area is 305 Å². The molecule has 2 nitrogen and oxygen atoms in total. The quantitative estimate of drug-likeness (QED) is 0.187. The fraction of sp³-hybridized carbons (Fsp3) is 0.120. The van der Waals surface area contributed by atoms with Gasteiger partial charge in [-0.05, 0) is 102 Å². The van der Waals surface area contributed by atoms with Gasteiger partial charge in [0.2, 0.25) is 0 Å². The van der Waals surface area contributed by atoms with Crippen LogP contribution < -0.4 is 0 Å². The smallest absolute Gasteiger partial charge is 0.159 e. The number of hydrogen-bond donors (Lipinski definition) is 0. The van der Waals surface area contributed by atoms with Crippen LogP contribution in [0, 0.1) is 0 Å². The predicted octanol–water partition coefficient (Wildman–Crippen LogP) is 12.9. The minimum atomic E-state index is -0.0132. The predicted molar refractivity (Wildman–Crippen MR) is 216 cm³/mol. The summed E-state index contributed by atoms with van der Waals surface area (Å²) < 4.78 is 0. The number of pyridine rings is 2. The molecule has 0 unspecified atom stereocenters. The van der Waals surface area contributed by atoms with E-state index in [9.17, 15) is 0 Å². The van der Waals surface area contributed by atoms with Crippen LogP contribution >= 0.6 is 0 Å². The van der Waals surface area contributed by atoms with Crippen molar-refractivity contribution in [3.63, 3.8) is 0 Å². The number of fused-ring (bicyclic) bond motifs is 7. The van der Waals surface area contributed by atoms with Gasteiger partial charge in [-0.3, -0.25) is 0 Å². The van der Waals surface area contributed by atoms with E-state index in [1.54, 1.807) is 0 Å². The van der Waals surface area contributed by atoms with Gasteiger partial charge in [-0.2, -0.15) is 0 Å². The maximum Gasteiger partial charge on any atom is 0.159 e. The van der Waals surface area contributed by atoms with Crippen LogP contribution in [0.5, 0.6) is 0 Å². The van der Waals surface area contributed by atoms with Gasteiger partial charge >= 0.3 is 0 Å². The van der Waals surface area contributed by atoms with Gasteiger partial charge in [0, 0.05) is 39.7 Å². The van der Waals surface area contributed by atoms with Crippen LogP contribution in [0.15, 0.2) is 158 Å². The summed E-state index contributed by atoms with van der Waals surface area (Å²) in [6.45, 7) is 9.34. The summed E-state index contributed by atoms with van der Waals surface area (Å²) in [6.07, 6.45) is 3.87. The van der Waals surface area contributed by atoms with E-state index in [1.807, 2.05) is 12.4 Å². The lowest BCUT2D eigenvalue weighted by atomic mass is 9.81. The lowest BCUT2D eigenvalue weighted by Crippen LogP contribution is -2.14. The molecule has 0 saturated heterocycles. The van der Waals surface area contributed by atoms with E-state index in [1.165, 1.54) is 66.8 Å². The summed E-state index contributed by atoms with van der Waals surface area (Å²) in [5, 5.41) is 1.03. The van der Waals surface area contributed by atoms with Crippen molar-refractivity contribution in [2.75, 3.05) is 0 Å². The van der Waals surface area contributed by atoms with Gasteiger partial charge in [0.25, 0.3) is 0 Å².